The quantitative estimate of drug-likeness (QED) is 0.117. The first-order valence-electron chi connectivity index (χ1n) is 16.1. The summed E-state index contributed by atoms with van der Waals surface area (Å²) in [5, 5.41) is 1.57. The molecule has 1 heterocycles. The zero-order chi connectivity index (χ0) is 34.2. The summed E-state index contributed by atoms with van der Waals surface area (Å²) in [5.74, 6) is 0.00778. The molecule has 0 spiro atoms. The highest BCUT2D eigenvalue weighted by molar-refractivity contribution is 7.88. The molecule has 6 aromatic rings. The minimum Gasteiger partial charge on any atom is -0.493 e. The molecule has 0 fully saturated rings. The van der Waals surface area contributed by atoms with E-state index in [1.165, 1.54) is 7.11 Å². The average molecular weight is 693 g/mol. The molecule has 250 valence electrons. The summed E-state index contributed by atoms with van der Waals surface area (Å²) in [6.07, 6.45) is 0.929. The van der Waals surface area contributed by atoms with Crippen LogP contribution in [0.3, 0.4) is 0 Å². The molecule has 9 heteroatoms. The van der Waals surface area contributed by atoms with E-state index in [0.29, 0.717) is 35.8 Å². The van der Waals surface area contributed by atoms with Gasteiger partial charge in [0.15, 0.2) is 0 Å². The van der Waals surface area contributed by atoms with Gasteiger partial charge in [-0.2, -0.15) is 0 Å². The lowest BCUT2D eigenvalue weighted by Gasteiger charge is -2.25. The van der Waals surface area contributed by atoms with Crippen molar-refractivity contribution in [2.75, 3.05) is 20.3 Å². The fourth-order valence-corrected chi connectivity index (χ4v) is 7.60. The predicted octanol–water partition coefficient (Wildman–Crippen LogP) is 8.00. The lowest BCUT2D eigenvalue weighted by atomic mass is 9.97. The molecule has 1 aromatic heterocycles. The van der Waals surface area contributed by atoms with E-state index in [1.54, 1.807) is 24.3 Å². The first kappa shape index (κ1) is 34.0. The molecule has 7 nitrogen and oxygen atoms in total. The van der Waals surface area contributed by atoms with Gasteiger partial charge in [-0.25, -0.2) is 17.9 Å². The second kappa shape index (κ2) is 15.6. The van der Waals surface area contributed by atoms with E-state index < -0.39 is 16.0 Å². The van der Waals surface area contributed by atoms with E-state index in [4.69, 9.17) is 21.1 Å². The molecule has 0 saturated heterocycles. The average Bonchev–Trinajstić information content (AvgIpc) is 3.40. The third-order valence-corrected chi connectivity index (χ3v) is 10.0. The molecule has 0 aliphatic carbocycles. The van der Waals surface area contributed by atoms with Crippen LogP contribution in [0.15, 0.2) is 133 Å². The minimum atomic E-state index is -3.60. The second-order valence-corrected chi connectivity index (χ2v) is 13.9. The van der Waals surface area contributed by atoms with Crippen LogP contribution in [0.4, 0.5) is 0 Å². The number of hydrogen-bond acceptors (Lipinski definition) is 5. The highest BCUT2D eigenvalue weighted by Gasteiger charge is 2.26. The molecule has 5 aromatic carbocycles. The number of ether oxygens (including phenoxy) is 2. The van der Waals surface area contributed by atoms with E-state index in [9.17, 15) is 13.2 Å². The Balaban J connectivity index is 1.41. The SMILES string of the molecule is COC(=O)c1cccc(OCCc2c(CCNS(=O)(=O)Cc3ccccc3)n(C(c3ccccc3)c3ccccc3)c3ccc(Cl)cc23)c1. The van der Waals surface area contributed by atoms with Crippen LogP contribution < -0.4 is 9.46 Å². The molecule has 0 bridgehead atoms. The van der Waals surface area contributed by atoms with E-state index in [0.717, 1.165) is 38.9 Å². The lowest BCUT2D eigenvalue weighted by Crippen LogP contribution is -2.28. The van der Waals surface area contributed by atoms with Gasteiger partial charge in [0.1, 0.15) is 5.75 Å². The van der Waals surface area contributed by atoms with Gasteiger partial charge in [-0.05, 0) is 58.7 Å². The zero-order valence-corrected chi connectivity index (χ0v) is 28.7. The number of fused-ring (bicyclic) bond motifs is 1. The lowest BCUT2D eigenvalue weighted by molar-refractivity contribution is 0.0600. The summed E-state index contributed by atoms with van der Waals surface area (Å²) in [5.41, 5.74) is 6.28. The van der Waals surface area contributed by atoms with Gasteiger partial charge < -0.3 is 14.0 Å². The van der Waals surface area contributed by atoms with Gasteiger partial charge in [0.05, 0.1) is 31.1 Å². The van der Waals surface area contributed by atoms with Crippen LogP contribution in [0.5, 0.6) is 5.75 Å². The summed E-state index contributed by atoms with van der Waals surface area (Å²) in [7, 11) is -2.26. The molecule has 0 radical (unpaired) electrons. The number of nitrogens with zero attached hydrogens (tertiary/aromatic N) is 1. The number of esters is 1. The maximum atomic E-state index is 13.2. The third-order valence-electron chi connectivity index (χ3n) is 8.43. The smallest absolute Gasteiger partial charge is 0.337 e. The number of carbonyl (C=O) groups excluding carboxylic acids is 1. The molecule has 6 rings (SSSR count). The summed E-state index contributed by atoms with van der Waals surface area (Å²) >= 11 is 6.62. The Morgan fingerprint density at radius 2 is 1.45 bits per heavy atom. The number of aromatic nitrogens is 1. The fourth-order valence-electron chi connectivity index (χ4n) is 6.28. The van der Waals surface area contributed by atoms with Gasteiger partial charge >= 0.3 is 5.97 Å². The molecule has 0 unspecified atom stereocenters. The molecule has 0 aliphatic rings. The van der Waals surface area contributed by atoms with Gasteiger partial charge in [0, 0.05) is 41.0 Å². The number of halogens is 1. The number of rotatable bonds is 14. The van der Waals surface area contributed by atoms with E-state index in [-0.39, 0.29) is 18.3 Å². The van der Waals surface area contributed by atoms with Crippen molar-refractivity contribution in [2.45, 2.75) is 24.6 Å². The van der Waals surface area contributed by atoms with Gasteiger partial charge in [0.2, 0.25) is 10.0 Å². The van der Waals surface area contributed by atoms with Crippen LogP contribution in [0.1, 0.15) is 44.3 Å². The molecule has 49 heavy (non-hydrogen) atoms. The maximum Gasteiger partial charge on any atom is 0.337 e. The van der Waals surface area contributed by atoms with Crippen molar-refractivity contribution in [1.29, 1.82) is 0 Å². The van der Waals surface area contributed by atoms with Crippen LogP contribution in [0.2, 0.25) is 5.02 Å². The van der Waals surface area contributed by atoms with Crippen molar-refractivity contribution in [3.63, 3.8) is 0 Å². The van der Waals surface area contributed by atoms with Crippen molar-refractivity contribution in [3.05, 3.63) is 172 Å². The standard InChI is InChI=1S/C40H37ClN2O5S/c1-47-40(44)32-18-11-19-34(26-32)48-25-23-35-36-27-33(41)20-21-37(36)43(39(30-14-7-3-8-15-30)31-16-9-4-10-17-31)38(35)22-24-42-49(45,46)28-29-12-5-2-6-13-29/h2-21,26-27,39,42H,22-25,28H2,1H3. The molecule has 0 atom stereocenters. The van der Waals surface area contributed by atoms with Crippen molar-refractivity contribution in [2.24, 2.45) is 0 Å². The summed E-state index contributed by atoms with van der Waals surface area (Å²) in [4.78, 5) is 12.1. The Kier molecular flexibility index (Phi) is 10.8. The predicted molar refractivity (Wildman–Crippen MR) is 195 cm³/mol. The molecule has 0 amide bonds. The Morgan fingerprint density at radius 1 is 0.796 bits per heavy atom. The largest absolute Gasteiger partial charge is 0.493 e. The van der Waals surface area contributed by atoms with Crippen molar-refractivity contribution < 1.29 is 22.7 Å². The van der Waals surface area contributed by atoms with Crippen LogP contribution in [-0.4, -0.2) is 39.2 Å². The number of nitrogens with one attached hydrogen (secondary N) is 1. The molecular formula is C40H37ClN2O5S. The van der Waals surface area contributed by atoms with Gasteiger partial charge in [-0.1, -0.05) is 109 Å². The number of methoxy groups -OCH3 is 1. The number of carbonyl (C=O) groups is 1. The zero-order valence-electron chi connectivity index (χ0n) is 27.1. The first-order valence-corrected chi connectivity index (χ1v) is 18.1. The van der Waals surface area contributed by atoms with Crippen LogP contribution >= 0.6 is 11.6 Å². The fraction of sp³-hybridized carbons (Fsp3) is 0.175. The second-order valence-electron chi connectivity index (χ2n) is 11.7. The van der Waals surface area contributed by atoms with Crippen LogP contribution in [0, 0.1) is 0 Å². The normalized spacial score (nSPS) is 11.6. The van der Waals surface area contributed by atoms with Gasteiger partial charge in [0.25, 0.3) is 0 Å². The van der Waals surface area contributed by atoms with Gasteiger partial charge in [-0.3, -0.25) is 0 Å². The van der Waals surface area contributed by atoms with E-state index in [2.05, 4.69) is 33.6 Å². The number of hydrogen-bond donors (Lipinski definition) is 1. The maximum absolute atomic E-state index is 13.2. The summed E-state index contributed by atoms with van der Waals surface area (Å²) < 4.78 is 42.6. The Labute approximate surface area is 292 Å². The molecule has 0 aliphatic heterocycles. The number of sulfonamides is 1. The summed E-state index contributed by atoms with van der Waals surface area (Å²) in [6.45, 7) is 0.509. The highest BCUT2D eigenvalue weighted by atomic mass is 35.5. The van der Waals surface area contributed by atoms with E-state index >= 15 is 0 Å². The third kappa shape index (κ3) is 8.23. The summed E-state index contributed by atoms with van der Waals surface area (Å²) in [6, 6.07) is 42.3. The monoisotopic (exact) mass is 692 g/mol. The topological polar surface area (TPSA) is 86.6 Å². The Hall–Kier alpha value is -4.89. The van der Waals surface area contributed by atoms with E-state index in [1.807, 2.05) is 84.9 Å². The minimum absolute atomic E-state index is 0.103. The first-order chi connectivity index (χ1) is 23.8. The molecule has 1 N–H and O–H groups in total. The van der Waals surface area contributed by atoms with Crippen molar-refractivity contribution in [3.8, 4) is 5.75 Å². The Bertz CT molecular complexity index is 2100. The number of benzene rings is 5. The van der Waals surface area contributed by atoms with Crippen molar-refractivity contribution >= 4 is 38.5 Å². The molecule has 0 saturated carbocycles. The highest BCUT2D eigenvalue weighted by Crippen LogP contribution is 2.38. The molecular weight excluding hydrogens is 656 g/mol. The van der Waals surface area contributed by atoms with Crippen LogP contribution in [0.25, 0.3) is 10.9 Å². The van der Waals surface area contributed by atoms with Crippen molar-refractivity contribution in [1.82, 2.24) is 9.29 Å². The van der Waals surface area contributed by atoms with Crippen LogP contribution in [-0.2, 0) is 33.4 Å². The van der Waals surface area contributed by atoms with Gasteiger partial charge in [-0.15, -0.1) is 0 Å². The Morgan fingerprint density at radius 3 is 2.10 bits per heavy atom.